The lowest BCUT2D eigenvalue weighted by atomic mass is 10.1. The Morgan fingerprint density at radius 2 is 2.15 bits per heavy atom. The molecule has 0 aromatic heterocycles. The van der Waals surface area contributed by atoms with E-state index >= 15 is 0 Å². The summed E-state index contributed by atoms with van der Waals surface area (Å²) >= 11 is 0. The summed E-state index contributed by atoms with van der Waals surface area (Å²) in [5.74, 6) is -0.599. The van der Waals surface area contributed by atoms with Crippen LogP contribution in [0.5, 0.6) is 5.75 Å². The largest absolute Gasteiger partial charge is 0.508 e. The summed E-state index contributed by atoms with van der Waals surface area (Å²) in [5, 5.41) is 19.4. The van der Waals surface area contributed by atoms with Crippen molar-refractivity contribution < 1.29 is 14.8 Å². The maximum atomic E-state index is 10.9. The van der Waals surface area contributed by atoms with E-state index in [1.54, 1.807) is 0 Å². The van der Waals surface area contributed by atoms with Gasteiger partial charge in [-0.3, -0.25) is 14.9 Å². The second-order valence-electron chi connectivity index (χ2n) is 2.51. The van der Waals surface area contributed by atoms with Crippen LogP contribution in [0.2, 0.25) is 0 Å². The van der Waals surface area contributed by atoms with E-state index in [1.165, 1.54) is 13.0 Å². The predicted molar refractivity (Wildman–Crippen MR) is 44.8 cm³/mol. The first-order valence-electron chi connectivity index (χ1n) is 3.50. The Morgan fingerprint density at radius 1 is 1.54 bits per heavy atom. The Kier molecular flexibility index (Phi) is 2.27. The molecule has 0 aliphatic carbocycles. The SMILES string of the molecule is CC(=O)c1cc(O)ccc1[N+](=O)[O-]. The van der Waals surface area contributed by atoms with Crippen molar-refractivity contribution in [3.63, 3.8) is 0 Å². The van der Waals surface area contributed by atoms with Crippen molar-refractivity contribution in [1.29, 1.82) is 0 Å². The van der Waals surface area contributed by atoms with Gasteiger partial charge in [0.15, 0.2) is 5.78 Å². The number of nitrogens with zero attached hydrogens (tertiary/aromatic N) is 1. The van der Waals surface area contributed by atoms with Gasteiger partial charge >= 0.3 is 0 Å². The molecule has 1 rings (SSSR count). The molecule has 5 nitrogen and oxygen atoms in total. The Bertz CT molecular complexity index is 372. The van der Waals surface area contributed by atoms with E-state index in [1.807, 2.05) is 0 Å². The molecule has 0 unspecified atom stereocenters. The number of hydrogen-bond donors (Lipinski definition) is 1. The number of Topliss-reactive ketones (excluding diaryl/α,β-unsaturated/α-hetero) is 1. The van der Waals surface area contributed by atoms with E-state index in [0.29, 0.717) is 0 Å². The molecule has 0 bridgehead atoms. The molecule has 68 valence electrons. The van der Waals surface area contributed by atoms with Crippen LogP contribution in [0.4, 0.5) is 5.69 Å². The minimum absolute atomic E-state index is 0.0787. The van der Waals surface area contributed by atoms with Crippen molar-refractivity contribution in [2.75, 3.05) is 0 Å². The average Bonchev–Trinajstić information content (AvgIpc) is 2.03. The zero-order chi connectivity index (χ0) is 10.0. The fourth-order valence-corrected chi connectivity index (χ4v) is 0.965. The Morgan fingerprint density at radius 3 is 2.62 bits per heavy atom. The van der Waals surface area contributed by atoms with Gasteiger partial charge in [0, 0.05) is 6.07 Å². The number of benzene rings is 1. The van der Waals surface area contributed by atoms with E-state index in [2.05, 4.69) is 0 Å². The number of nitro groups is 1. The van der Waals surface area contributed by atoms with E-state index in [-0.39, 0.29) is 17.0 Å². The van der Waals surface area contributed by atoms with Gasteiger partial charge in [0.1, 0.15) is 5.75 Å². The van der Waals surface area contributed by atoms with E-state index in [0.717, 1.165) is 12.1 Å². The van der Waals surface area contributed by atoms with Gasteiger partial charge < -0.3 is 5.11 Å². The third-order valence-corrected chi connectivity index (χ3v) is 1.56. The van der Waals surface area contributed by atoms with Crippen LogP contribution in [-0.2, 0) is 0 Å². The summed E-state index contributed by atoms with van der Waals surface area (Å²) in [6.07, 6.45) is 0. The lowest BCUT2D eigenvalue weighted by molar-refractivity contribution is -0.385. The Labute approximate surface area is 73.8 Å². The van der Waals surface area contributed by atoms with Crippen LogP contribution in [0.1, 0.15) is 17.3 Å². The fraction of sp³-hybridized carbons (Fsp3) is 0.125. The predicted octanol–water partition coefficient (Wildman–Crippen LogP) is 1.50. The zero-order valence-electron chi connectivity index (χ0n) is 6.85. The van der Waals surface area contributed by atoms with Gasteiger partial charge in [-0.15, -0.1) is 0 Å². The second-order valence-corrected chi connectivity index (χ2v) is 2.51. The quantitative estimate of drug-likeness (QED) is 0.426. The Hall–Kier alpha value is -1.91. The molecule has 1 aromatic rings. The highest BCUT2D eigenvalue weighted by atomic mass is 16.6. The lowest BCUT2D eigenvalue weighted by Crippen LogP contribution is -1.99. The number of nitro benzene ring substituents is 1. The Balaban J connectivity index is 3.35. The summed E-state index contributed by atoms with van der Waals surface area (Å²) in [6.45, 7) is 1.21. The third-order valence-electron chi connectivity index (χ3n) is 1.56. The number of carbonyl (C=O) groups is 1. The minimum Gasteiger partial charge on any atom is -0.508 e. The number of ketones is 1. The molecule has 0 aliphatic heterocycles. The summed E-state index contributed by atoms with van der Waals surface area (Å²) in [7, 11) is 0. The normalized spacial score (nSPS) is 9.62. The standard InChI is InChI=1S/C8H7NO4/c1-5(10)7-4-6(11)2-3-8(7)9(12)13/h2-4,11H,1H3. The molecule has 0 spiro atoms. The van der Waals surface area contributed by atoms with Crippen LogP contribution < -0.4 is 0 Å². The molecule has 0 amide bonds. The van der Waals surface area contributed by atoms with Crippen LogP contribution >= 0.6 is 0 Å². The first kappa shape index (κ1) is 9.18. The fourth-order valence-electron chi connectivity index (χ4n) is 0.965. The van der Waals surface area contributed by atoms with E-state index in [4.69, 9.17) is 5.11 Å². The summed E-state index contributed by atoms with van der Waals surface area (Å²) in [6, 6.07) is 3.36. The number of rotatable bonds is 2. The molecular weight excluding hydrogens is 174 g/mol. The first-order chi connectivity index (χ1) is 6.02. The number of carbonyl (C=O) groups excluding carboxylic acids is 1. The van der Waals surface area contributed by atoms with Crippen molar-refractivity contribution in [3.8, 4) is 5.75 Å². The van der Waals surface area contributed by atoms with Crippen molar-refractivity contribution in [2.24, 2.45) is 0 Å². The summed E-state index contributed by atoms with van der Waals surface area (Å²) in [4.78, 5) is 20.7. The molecule has 0 saturated carbocycles. The highest BCUT2D eigenvalue weighted by Gasteiger charge is 2.17. The molecule has 1 aromatic carbocycles. The van der Waals surface area contributed by atoms with E-state index in [9.17, 15) is 14.9 Å². The number of aromatic hydroxyl groups is 1. The molecule has 0 fully saturated rings. The zero-order valence-corrected chi connectivity index (χ0v) is 6.85. The maximum absolute atomic E-state index is 10.9. The molecular formula is C8H7NO4. The van der Waals surface area contributed by atoms with Gasteiger partial charge in [-0.25, -0.2) is 0 Å². The van der Waals surface area contributed by atoms with Crippen molar-refractivity contribution in [1.82, 2.24) is 0 Å². The van der Waals surface area contributed by atoms with Gasteiger partial charge in [0.05, 0.1) is 10.5 Å². The molecule has 0 radical (unpaired) electrons. The van der Waals surface area contributed by atoms with Crippen LogP contribution in [0.25, 0.3) is 0 Å². The van der Waals surface area contributed by atoms with Crippen LogP contribution in [0, 0.1) is 10.1 Å². The molecule has 0 atom stereocenters. The second kappa shape index (κ2) is 3.22. The van der Waals surface area contributed by atoms with Crippen molar-refractivity contribution >= 4 is 11.5 Å². The van der Waals surface area contributed by atoms with Gasteiger partial charge in [-0.1, -0.05) is 0 Å². The molecule has 1 N–H and O–H groups in total. The molecule has 13 heavy (non-hydrogen) atoms. The highest BCUT2D eigenvalue weighted by Crippen LogP contribution is 2.23. The number of hydrogen-bond acceptors (Lipinski definition) is 4. The topological polar surface area (TPSA) is 80.4 Å². The van der Waals surface area contributed by atoms with Gasteiger partial charge in [0.2, 0.25) is 0 Å². The van der Waals surface area contributed by atoms with Gasteiger partial charge in [-0.2, -0.15) is 0 Å². The van der Waals surface area contributed by atoms with Gasteiger partial charge in [0.25, 0.3) is 5.69 Å². The van der Waals surface area contributed by atoms with Crippen molar-refractivity contribution in [2.45, 2.75) is 6.92 Å². The summed E-state index contributed by atoms with van der Waals surface area (Å²) < 4.78 is 0. The maximum Gasteiger partial charge on any atom is 0.280 e. The number of phenolic OH excluding ortho intramolecular Hbond substituents is 1. The molecule has 0 aliphatic rings. The van der Waals surface area contributed by atoms with Crippen molar-refractivity contribution in [3.05, 3.63) is 33.9 Å². The van der Waals surface area contributed by atoms with E-state index < -0.39 is 10.7 Å². The average molecular weight is 181 g/mol. The van der Waals surface area contributed by atoms with Crippen LogP contribution in [0.3, 0.4) is 0 Å². The van der Waals surface area contributed by atoms with Crippen LogP contribution in [0.15, 0.2) is 18.2 Å². The first-order valence-corrected chi connectivity index (χ1v) is 3.50. The monoisotopic (exact) mass is 181 g/mol. The molecule has 0 heterocycles. The van der Waals surface area contributed by atoms with Gasteiger partial charge in [-0.05, 0) is 19.1 Å². The molecule has 5 heteroatoms. The highest BCUT2D eigenvalue weighted by molar-refractivity contribution is 5.98. The summed E-state index contributed by atoms with van der Waals surface area (Å²) in [5.41, 5.74) is -0.365. The third kappa shape index (κ3) is 1.81. The van der Waals surface area contributed by atoms with Crippen LogP contribution in [-0.4, -0.2) is 15.8 Å². The minimum atomic E-state index is -0.657. The number of phenols is 1. The molecule has 0 saturated heterocycles. The smallest absolute Gasteiger partial charge is 0.280 e. The lowest BCUT2D eigenvalue weighted by Gasteiger charge is -1.98.